The SMILES string of the molecule is CN(c1nc(-c2ccc(F)cc2)cs1)c1c(CCC(=O)O)nc2ccc(C3CCN(C(=O)OC(C)(C)C)CC3)cn12.COC(=O)CCc1nc2ccc(C3CCN(C(=O)OC(C)(C)C)CC3)cn2c1N(C)c1nc(-c2ccc(F)cc2)cs1. The number of carboxylic acid groups (broad SMARTS) is 1. The molecule has 0 saturated carbocycles. The van der Waals surface area contributed by atoms with E-state index in [-0.39, 0.29) is 60.9 Å². The molecule has 2 fully saturated rings. The number of carbonyl (C=O) groups is 4. The number of methoxy groups -OCH3 is 1. The summed E-state index contributed by atoms with van der Waals surface area (Å²) in [6.07, 6.45) is 7.75. The predicted molar refractivity (Wildman–Crippen MR) is 317 cm³/mol. The number of aliphatic carboxylic acids is 1. The first kappa shape index (κ1) is 59.6. The number of pyridine rings is 2. The third kappa shape index (κ3) is 14.6. The molecule has 2 amide bonds. The third-order valence-electron chi connectivity index (χ3n) is 14.5. The lowest BCUT2D eigenvalue weighted by atomic mass is 9.90. The summed E-state index contributed by atoms with van der Waals surface area (Å²) in [5.74, 6) is 0.325. The van der Waals surface area contributed by atoms with Crippen LogP contribution in [0.2, 0.25) is 0 Å². The van der Waals surface area contributed by atoms with Crippen LogP contribution in [0.25, 0.3) is 33.8 Å². The van der Waals surface area contributed by atoms with Crippen LogP contribution in [0.1, 0.15) is 114 Å². The number of aromatic nitrogens is 6. The number of thiazole rings is 2. The third-order valence-corrected chi connectivity index (χ3v) is 16.3. The van der Waals surface area contributed by atoms with Crippen LogP contribution in [0.15, 0.2) is 96.0 Å². The van der Waals surface area contributed by atoms with E-state index in [1.807, 2.05) is 92.7 Å². The summed E-state index contributed by atoms with van der Waals surface area (Å²) >= 11 is 2.93. The van der Waals surface area contributed by atoms with Crippen LogP contribution in [0.5, 0.6) is 0 Å². The summed E-state index contributed by atoms with van der Waals surface area (Å²) in [7, 11) is 5.21. The number of likely N-dealkylation sites (tertiary alicyclic amines) is 2. The molecule has 0 atom stereocenters. The second-order valence-corrected chi connectivity index (χ2v) is 24.4. The summed E-state index contributed by atoms with van der Waals surface area (Å²) in [6.45, 7) is 13.7. The zero-order chi connectivity index (χ0) is 59.3. The number of esters is 1. The van der Waals surface area contributed by atoms with Crippen molar-refractivity contribution < 1.29 is 47.3 Å². The topological polar surface area (TPSA) is 190 Å². The first-order valence-corrected chi connectivity index (χ1v) is 29.4. The maximum Gasteiger partial charge on any atom is 0.410 e. The number of imidazole rings is 2. The average molecular weight is 1170 g/mol. The molecule has 6 aromatic heterocycles. The van der Waals surface area contributed by atoms with Gasteiger partial charge in [0.2, 0.25) is 0 Å². The number of halogens is 2. The molecule has 83 heavy (non-hydrogen) atoms. The van der Waals surface area contributed by atoms with E-state index in [4.69, 9.17) is 34.1 Å². The standard InChI is InChI=1S/C31H36FN5O4S.C30H34FN5O4S/c1-31(2,3)41-30(39)36-16-14-20(15-17-36)22-8-12-26-33-24(11-13-27(38)40-5)28(37(26)18-22)35(4)29-34-25(19-42-29)21-6-9-23(32)10-7-21;1-30(2,3)40-29(39)35-15-13-19(14-16-35)21-7-11-25-32-23(10-12-26(37)38)27(36(25)17-21)34(4)28-33-24(18-41-28)20-5-8-22(31)9-6-20/h6-10,12,18-20H,11,13-17H2,1-5H3;5-9,11,17-19H,10,12-16H2,1-4H3,(H,37,38). The lowest BCUT2D eigenvalue weighted by molar-refractivity contribution is -0.140. The molecular formula is C61H70F2N10O8S2. The Morgan fingerprint density at radius 3 is 1.34 bits per heavy atom. The van der Waals surface area contributed by atoms with Gasteiger partial charge in [0.25, 0.3) is 0 Å². The zero-order valence-corrected chi connectivity index (χ0v) is 49.9. The number of nitrogens with zero attached hydrogens (tertiary/aromatic N) is 10. The summed E-state index contributed by atoms with van der Waals surface area (Å²) < 4.78 is 46.9. The van der Waals surface area contributed by atoms with Crippen molar-refractivity contribution in [2.24, 2.45) is 0 Å². The highest BCUT2D eigenvalue weighted by atomic mass is 32.1. The van der Waals surface area contributed by atoms with Gasteiger partial charge in [-0.1, -0.05) is 12.1 Å². The number of carboxylic acids is 1. The van der Waals surface area contributed by atoms with Crippen molar-refractivity contribution in [3.8, 4) is 22.5 Å². The molecule has 0 aliphatic carbocycles. The van der Waals surface area contributed by atoms with Crippen molar-refractivity contribution in [1.29, 1.82) is 0 Å². The maximum atomic E-state index is 13.5. The summed E-state index contributed by atoms with van der Waals surface area (Å²) in [6, 6.07) is 20.6. The molecule has 2 saturated heterocycles. The van der Waals surface area contributed by atoms with Gasteiger partial charge in [-0.3, -0.25) is 18.4 Å². The molecule has 1 N–H and O–H groups in total. The first-order chi connectivity index (χ1) is 39.5. The normalized spacial score (nSPS) is 14.3. The molecule has 18 nitrogen and oxygen atoms in total. The van der Waals surface area contributed by atoms with E-state index in [2.05, 4.69) is 28.9 Å². The van der Waals surface area contributed by atoms with Crippen molar-refractivity contribution in [2.45, 2.75) is 116 Å². The highest BCUT2D eigenvalue weighted by molar-refractivity contribution is 7.14. The average Bonchev–Trinajstić information content (AvgIpc) is 3.03. The fraction of sp³-hybridized carbons (Fsp3) is 0.410. The number of hydrogen-bond acceptors (Lipinski definition) is 15. The van der Waals surface area contributed by atoms with Crippen LogP contribution in [-0.2, 0) is 36.6 Å². The largest absolute Gasteiger partial charge is 0.481 e. The van der Waals surface area contributed by atoms with Crippen molar-refractivity contribution in [2.75, 3.05) is 57.2 Å². The highest BCUT2D eigenvalue weighted by Gasteiger charge is 2.31. The Morgan fingerprint density at radius 1 is 0.590 bits per heavy atom. The van der Waals surface area contributed by atoms with E-state index >= 15 is 0 Å². The Morgan fingerprint density at radius 2 is 0.976 bits per heavy atom. The van der Waals surface area contributed by atoms with Crippen molar-refractivity contribution in [3.63, 3.8) is 0 Å². The Labute approximate surface area is 489 Å². The summed E-state index contributed by atoms with van der Waals surface area (Å²) in [5.41, 5.74) is 7.28. The molecule has 0 spiro atoms. The van der Waals surface area contributed by atoms with Gasteiger partial charge in [0, 0.05) is 87.4 Å². The van der Waals surface area contributed by atoms with E-state index in [9.17, 15) is 33.1 Å². The molecule has 2 aliphatic heterocycles. The number of carbonyl (C=O) groups excluding carboxylic acids is 3. The minimum Gasteiger partial charge on any atom is -0.481 e. The number of rotatable bonds is 14. The quantitative estimate of drug-likeness (QED) is 0.0799. The molecule has 438 valence electrons. The summed E-state index contributed by atoms with van der Waals surface area (Å²) in [4.78, 5) is 75.2. The van der Waals surface area contributed by atoms with Gasteiger partial charge in [0.1, 0.15) is 45.8 Å². The molecule has 2 aromatic carbocycles. The van der Waals surface area contributed by atoms with E-state index in [1.165, 1.54) is 54.0 Å². The molecule has 10 rings (SSSR count). The van der Waals surface area contributed by atoms with Crippen LogP contribution in [-0.4, -0.2) is 126 Å². The number of fused-ring (bicyclic) bond motifs is 2. The fourth-order valence-electron chi connectivity index (χ4n) is 10.2. The smallest absolute Gasteiger partial charge is 0.410 e. The summed E-state index contributed by atoms with van der Waals surface area (Å²) in [5, 5.41) is 14.7. The van der Waals surface area contributed by atoms with E-state index in [1.54, 1.807) is 34.1 Å². The second kappa shape index (κ2) is 25.3. The minimum atomic E-state index is -0.888. The second-order valence-electron chi connectivity index (χ2n) is 22.8. The van der Waals surface area contributed by atoms with Gasteiger partial charge in [-0.15, -0.1) is 22.7 Å². The van der Waals surface area contributed by atoms with Gasteiger partial charge >= 0.3 is 24.1 Å². The van der Waals surface area contributed by atoms with Crippen LogP contribution < -0.4 is 9.80 Å². The maximum absolute atomic E-state index is 13.5. The Bertz CT molecular complexity index is 3590. The Balaban J connectivity index is 0.000000200. The number of benzene rings is 2. The number of anilines is 4. The van der Waals surface area contributed by atoms with E-state index in [0.717, 1.165) is 93.1 Å². The molecule has 0 bridgehead atoms. The molecule has 0 unspecified atom stereocenters. The van der Waals surface area contributed by atoms with E-state index < -0.39 is 17.2 Å². The number of amides is 2. The fourth-order valence-corrected chi connectivity index (χ4v) is 11.8. The molecule has 8 aromatic rings. The van der Waals surface area contributed by atoms with Gasteiger partial charge in [0.15, 0.2) is 10.3 Å². The van der Waals surface area contributed by atoms with Crippen LogP contribution in [0.4, 0.5) is 40.3 Å². The molecule has 0 radical (unpaired) electrons. The number of ether oxygens (including phenoxy) is 3. The molecule has 8 heterocycles. The number of aryl methyl sites for hydroxylation is 2. The van der Waals surface area contributed by atoms with Crippen molar-refractivity contribution in [1.82, 2.24) is 38.5 Å². The predicted octanol–water partition coefficient (Wildman–Crippen LogP) is 13.1. The van der Waals surface area contributed by atoms with Gasteiger partial charge in [0.05, 0.1) is 42.7 Å². The Kier molecular flexibility index (Phi) is 18.1. The lowest BCUT2D eigenvalue weighted by Crippen LogP contribution is -2.41. The van der Waals surface area contributed by atoms with Gasteiger partial charge in [-0.25, -0.2) is 38.3 Å². The van der Waals surface area contributed by atoms with Crippen LogP contribution >= 0.6 is 22.7 Å². The molecule has 22 heteroatoms. The van der Waals surface area contributed by atoms with Crippen molar-refractivity contribution in [3.05, 3.63) is 130 Å². The first-order valence-electron chi connectivity index (χ1n) is 27.7. The van der Waals surface area contributed by atoms with Gasteiger partial charge in [-0.2, -0.15) is 0 Å². The monoisotopic (exact) mass is 1170 g/mol. The molecule has 2 aliphatic rings. The van der Waals surface area contributed by atoms with Gasteiger partial charge in [-0.05, 0) is 151 Å². The number of piperidine rings is 2. The Hall–Kier alpha value is -7.98. The van der Waals surface area contributed by atoms with Crippen LogP contribution in [0.3, 0.4) is 0 Å². The zero-order valence-electron chi connectivity index (χ0n) is 48.2. The lowest BCUT2D eigenvalue weighted by Gasteiger charge is -2.33. The van der Waals surface area contributed by atoms with E-state index in [0.29, 0.717) is 43.4 Å². The van der Waals surface area contributed by atoms with Gasteiger partial charge < -0.3 is 38.9 Å². The minimum absolute atomic E-state index is 0.0423. The number of hydrogen-bond donors (Lipinski definition) is 1. The highest BCUT2D eigenvalue weighted by Crippen LogP contribution is 2.39. The van der Waals surface area contributed by atoms with Crippen molar-refractivity contribution >= 4 is 80.0 Å². The molecular weight excluding hydrogens is 1100 g/mol. The van der Waals surface area contributed by atoms with Crippen LogP contribution in [0, 0.1) is 11.6 Å².